The second-order valence-electron chi connectivity index (χ2n) is 5.63. The minimum Gasteiger partial charge on any atom is -0.326 e. The van der Waals surface area contributed by atoms with Crippen LogP contribution in [0.3, 0.4) is 0 Å². The molecule has 2 amide bonds. The second kappa shape index (κ2) is 7.87. The maximum Gasteiger partial charge on any atom is 0.226 e. The maximum atomic E-state index is 12.1. The lowest BCUT2D eigenvalue weighted by atomic mass is 9.98. The first-order valence-corrected chi connectivity index (χ1v) is 8.44. The molecule has 0 unspecified atom stereocenters. The smallest absolute Gasteiger partial charge is 0.226 e. The molecule has 0 spiro atoms. The molecule has 2 N–H and O–H groups in total. The quantitative estimate of drug-likeness (QED) is 0.842. The Hall–Kier alpha value is -2.21. The van der Waals surface area contributed by atoms with E-state index in [2.05, 4.69) is 29.5 Å². The third-order valence-corrected chi connectivity index (χ3v) is 4.14. The fourth-order valence-corrected chi connectivity index (χ4v) is 2.78. The van der Waals surface area contributed by atoms with Crippen LogP contribution in [-0.4, -0.2) is 16.8 Å². The molecule has 1 aromatic carbocycles. The molecule has 1 aromatic heterocycles. The number of carbonyl (C=O) groups is 2. The first-order valence-electron chi connectivity index (χ1n) is 7.56. The average Bonchev–Trinajstić information content (AvgIpc) is 3.00. The third kappa shape index (κ3) is 4.89. The highest BCUT2D eigenvalue weighted by molar-refractivity contribution is 7.13. The van der Waals surface area contributed by atoms with Crippen molar-refractivity contribution in [3.8, 4) is 0 Å². The average molecular weight is 331 g/mol. The molecule has 0 aliphatic rings. The number of hydrogen-bond acceptors (Lipinski definition) is 4. The Bertz CT molecular complexity index is 681. The van der Waals surface area contributed by atoms with Crippen LogP contribution in [0.4, 0.5) is 10.8 Å². The lowest BCUT2D eigenvalue weighted by molar-refractivity contribution is -0.121. The molecule has 0 bridgehead atoms. The van der Waals surface area contributed by atoms with Crippen LogP contribution in [0.5, 0.6) is 0 Å². The van der Waals surface area contributed by atoms with Gasteiger partial charge >= 0.3 is 0 Å². The van der Waals surface area contributed by atoms with Gasteiger partial charge in [0.25, 0.3) is 0 Å². The van der Waals surface area contributed by atoms with Gasteiger partial charge in [-0.3, -0.25) is 9.59 Å². The van der Waals surface area contributed by atoms with Crippen molar-refractivity contribution < 1.29 is 9.59 Å². The Morgan fingerprint density at radius 2 is 1.87 bits per heavy atom. The van der Waals surface area contributed by atoms with E-state index in [-0.39, 0.29) is 24.7 Å². The SMILES string of the molecule is Cc1cccc(C(C)C)c1NC(=O)CCC(=O)Nc1nccs1. The van der Waals surface area contributed by atoms with Crippen molar-refractivity contribution in [3.63, 3.8) is 0 Å². The van der Waals surface area contributed by atoms with Crippen LogP contribution < -0.4 is 10.6 Å². The summed E-state index contributed by atoms with van der Waals surface area (Å²) in [4.78, 5) is 27.9. The van der Waals surface area contributed by atoms with Crippen LogP contribution in [0.2, 0.25) is 0 Å². The summed E-state index contributed by atoms with van der Waals surface area (Å²) >= 11 is 1.35. The number of carbonyl (C=O) groups excluding carboxylic acids is 2. The molecular formula is C17H21N3O2S. The number of amides is 2. The number of aromatic nitrogens is 1. The molecule has 2 aromatic rings. The van der Waals surface area contributed by atoms with Crippen molar-refractivity contribution in [3.05, 3.63) is 40.9 Å². The summed E-state index contributed by atoms with van der Waals surface area (Å²) in [5.74, 6) is -0.0437. The fourth-order valence-electron chi connectivity index (χ4n) is 2.24. The highest BCUT2D eigenvalue weighted by Crippen LogP contribution is 2.27. The van der Waals surface area contributed by atoms with E-state index in [1.807, 2.05) is 25.1 Å². The van der Waals surface area contributed by atoms with Crippen LogP contribution in [-0.2, 0) is 9.59 Å². The van der Waals surface area contributed by atoms with Gasteiger partial charge in [0.2, 0.25) is 11.8 Å². The monoisotopic (exact) mass is 331 g/mol. The zero-order chi connectivity index (χ0) is 16.8. The van der Waals surface area contributed by atoms with Crippen molar-refractivity contribution >= 4 is 34.0 Å². The fraction of sp³-hybridized carbons (Fsp3) is 0.353. The highest BCUT2D eigenvalue weighted by Gasteiger charge is 2.13. The van der Waals surface area contributed by atoms with Crippen LogP contribution in [0, 0.1) is 6.92 Å². The van der Waals surface area contributed by atoms with Gasteiger partial charge in [0.15, 0.2) is 5.13 Å². The number of benzene rings is 1. The Morgan fingerprint density at radius 1 is 1.17 bits per heavy atom. The molecular weight excluding hydrogens is 310 g/mol. The van der Waals surface area contributed by atoms with E-state index in [1.165, 1.54) is 11.3 Å². The lowest BCUT2D eigenvalue weighted by Gasteiger charge is -2.16. The van der Waals surface area contributed by atoms with Gasteiger partial charge in [0.05, 0.1) is 0 Å². The predicted octanol–water partition coefficient (Wildman–Crippen LogP) is 3.93. The maximum absolute atomic E-state index is 12.1. The first-order chi connectivity index (χ1) is 11.0. The first kappa shape index (κ1) is 17.1. The molecule has 0 saturated heterocycles. The van der Waals surface area contributed by atoms with E-state index >= 15 is 0 Å². The number of para-hydroxylation sites is 1. The minimum absolute atomic E-state index is 0.133. The zero-order valence-corrected chi connectivity index (χ0v) is 14.4. The van der Waals surface area contributed by atoms with Crippen molar-refractivity contribution in [1.82, 2.24) is 4.98 Å². The van der Waals surface area contributed by atoms with Crippen LogP contribution in [0.1, 0.15) is 43.7 Å². The molecule has 5 nitrogen and oxygen atoms in total. The number of rotatable bonds is 6. The summed E-state index contributed by atoms with van der Waals surface area (Å²) in [5, 5.41) is 7.95. The molecule has 0 radical (unpaired) electrons. The topological polar surface area (TPSA) is 71.1 Å². The van der Waals surface area contributed by atoms with Crippen molar-refractivity contribution in [2.24, 2.45) is 0 Å². The number of hydrogen-bond donors (Lipinski definition) is 2. The summed E-state index contributed by atoms with van der Waals surface area (Å²) < 4.78 is 0. The lowest BCUT2D eigenvalue weighted by Crippen LogP contribution is -2.18. The summed E-state index contributed by atoms with van der Waals surface area (Å²) in [6, 6.07) is 5.97. The van der Waals surface area contributed by atoms with Crippen LogP contribution in [0.15, 0.2) is 29.8 Å². The number of nitrogens with zero attached hydrogens (tertiary/aromatic N) is 1. The van der Waals surface area contributed by atoms with Crippen molar-refractivity contribution in [2.45, 2.75) is 39.5 Å². The predicted molar refractivity (Wildman–Crippen MR) is 93.9 cm³/mol. The molecule has 23 heavy (non-hydrogen) atoms. The minimum atomic E-state index is -0.205. The van der Waals surface area contributed by atoms with Gasteiger partial charge in [-0.2, -0.15) is 0 Å². The van der Waals surface area contributed by atoms with E-state index in [1.54, 1.807) is 11.6 Å². The number of thiazole rings is 1. The van der Waals surface area contributed by atoms with Gasteiger partial charge < -0.3 is 10.6 Å². The van der Waals surface area contributed by atoms with Gasteiger partial charge in [0, 0.05) is 30.1 Å². The Kier molecular flexibility index (Phi) is 5.87. The molecule has 0 aliphatic carbocycles. The molecule has 122 valence electrons. The highest BCUT2D eigenvalue weighted by atomic mass is 32.1. The molecule has 0 fully saturated rings. The molecule has 0 aliphatic heterocycles. The number of aryl methyl sites for hydroxylation is 1. The molecule has 2 rings (SSSR count). The molecule has 0 atom stereocenters. The van der Waals surface area contributed by atoms with E-state index in [0.29, 0.717) is 11.0 Å². The summed E-state index contributed by atoms with van der Waals surface area (Å²) in [6.45, 7) is 6.15. The Morgan fingerprint density at radius 3 is 2.48 bits per heavy atom. The third-order valence-electron chi connectivity index (χ3n) is 3.45. The van der Waals surface area contributed by atoms with E-state index < -0.39 is 0 Å². The van der Waals surface area contributed by atoms with E-state index in [4.69, 9.17) is 0 Å². The van der Waals surface area contributed by atoms with Crippen LogP contribution in [0.25, 0.3) is 0 Å². The standard InChI is InChI=1S/C17H21N3O2S/c1-11(2)13-6-4-5-12(3)16(13)19-14(21)7-8-15(22)20-17-18-9-10-23-17/h4-6,9-11H,7-8H2,1-3H3,(H,19,21)(H,18,20,22). The van der Waals surface area contributed by atoms with Crippen LogP contribution >= 0.6 is 11.3 Å². The number of nitrogens with one attached hydrogen (secondary N) is 2. The van der Waals surface area contributed by atoms with Gasteiger partial charge in [0.1, 0.15) is 0 Å². The summed E-state index contributed by atoms with van der Waals surface area (Å²) in [6.07, 6.45) is 1.90. The normalized spacial score (nSPS) is 10.6. The number of anilines is 2. The van der Waals surface area contributed by atoms with Crippen molar-refractivity contribution in [2.75, 3.05) is 10.6 Å². The largest absolute Gasteiger partial charge is 0.326 e. The summed E-state index contributed by atoms with van der Waals surface area (Å²) in [5.41, 5.74) is 2.98. The second-order valence-corrected chi connectivity index (χ2v) is 6.52. The van der Waals surface area contributed by atoms with Gasteiger partial charge in [-0.25, -0.2) is 4.98 Å². The molecule has 1 heterocycles. The van der Waals surface area contributed by atoms with Gasteiger partial charge in [-0.1, -0.05) is 32.0 Å². The zero-order valence-electron chi connectivity index (χ0n) is 13.6. The Labute approximate surface area is 140 Å². The Balaban J connectivity index is 1.91. The molecule has 6 heteroatoms. The van der Waals surface area contributed by atoms with Gasteiger partial charge in [-0.15, -0.1) is 11.3 Å². The summed E-state index contributed by atoms with van der Waals surface area (Å²) in [7, 11) is 0. The van der Waals surface area contributed by atoms with E-state index in [9.17, 15) is 9.59 Å². The molecule has 0 saturated carbocycles. The van der Waals surface area contributed by atoms with Crippen molar-refractivity contribution in [1.29, 1.82) is 0 Å². The van der Waals surface area contributed by atoms with E-state index in [0.717, 1.165) is 16.8 Å². The van der Waals surface area contributed by atoms with Gasteiger partial charge in [-0.05, 0) is 24.0 Å².